The molecule has 0 spiro atoms. The van der Waals surface area contributed by atoms with Crippen molar-refractivity contribution in [3.63, 3.8) is 0 Å². The number of nitrogens with one attached hydrogen (secondary N) is 1. The van der Waals surface area contributed by atoms with Crippen LogP contribution in [0.3, 0.4) is 0 Å². The van der Waals surface area contributed by atoms with Crippen LogP contribution in [0.5, 0.6) is 0 Å². The Morgan fingerprint density at radius 1 is 1.17 bits per heavy atom. The highest BCUT2D eigenvalue weighted by Crippen LogP contribution is 2.36. The van der Waals surface area contributed by atoms with Crippen LogP contribution in [0.1, 0.15) is 43.9 Å². The lowest BCUT2D eigenvalue weighted by atomic mass is 9.95. The minimum Gasteiger partial charge on any atom is -0.325 e. The van der Waals surface area contributed by atoms with E-state index in [1.54, 1.807) is 39.5 Å². The van der Waals surface area contributed by atoms with Crippen molar-refractivity contribution >= 4 is 44.7 Å². The molecule has 0 saturated heterocycles. The Balaban J connectivity index is 1.68. The van der Waals surface area contributed by atoms with Crippen LogP contribution in [-0.4, -0.2) is 30.4 Å². The number of sulfonamides is 1. The molecular formula is C21H26N2O3S3. The van der Waals surface area contributed by atoms with E-state index < -0.39 is 10.0 Å². The van der Waals surface area contributed by atoms with E-state index in [9.17, 15) is 13.2 Å². The van der Waals surface area contributed by atoms with Crippen molar-refractivity contribution in [2.45, 2.75) is 61.4 Å². The Morgan fingerprint density at radius 3 is 2.69 bits per heavy atom. The summed E-state index contributed by atoms with van der Waals surface area (Å²) in [5, 5.41) is 4.89. The number of hydrogen-bond acceptors (Lipinski definition) is 5. The molecule has 1 atom stereocenters. The van der Waals surface area contributed by atoms with Crippen molar-refractivity contribution in [2.75, 3.05) is 11.1 Å². The van der Waals surface area contributed by atoms with Gasteiger partial charge in [-0.2, -0.15) is 4.31 Å². The number of carbonyl (C=O) groups is 1. The average Bonchev–Trinajstić information content (AvgIpc) is 3.19. The van der Waals surface area contributed by atoms with Crippen LogP contribution in [0.2, 0.25) is 0 Å². The molecule has 1 aliphatic heterocycles. The largest absolute Gasteiger partial charge is 0.325 e. The number of rotatable bonds is 5. The van der Waals surface area contributed by atoms with Gasteiger partial charge in [-0.05, 0) is 42.5 Å². The van der Waals surface area contributed by atoms with Gasteiger partial charge in [0.15, 0.2) is 0 Å². The predicted molar refractivity (Wildman–Crippen MR) is 119 cm³/mol. The summed E-state index contributed by atoms with van der Waals surface area (Å²) in [5.41, 5.74) is 0.602. The predicted octanol–water partition coefficient (Wildman–Crippen LogP) is 4.95. The van der Waals surface area contributed by atoms with E-state index in [-0.39, 0.29) is 22.8 Å². The standard InChI is InChI=1S/C21H26N2O3S3/c1-15-14-28-20-10-9-18(12-19(20)22-21(15)24)29(25,26)23(13-17-8-5-11-27-17)16-6-3-2-4-7-16/h5,8-12,15-16H,2-4,6-7,13-14H2,1H3,(H,22,24)/t15-/m1/s1. The number of anilines is 1. The van der Waals surface area contributed by atoms with Crippen molar-refractivity contribution in [1.29, 1.82) is 0 Å². The molecule has 156 valence electrons. The third-order valence-corrected chi connectivity index (χ3v) is 9.71. The number of thiophene rings is 1. The first-order chi connectivity index (χ1) is 13.9. The summed E-state index contributed by atoms with van der Waals surface area (Å²) in [5.74, 6) is 0.524. The zero-order valence-electron chi connectivity index (χ0n) is 16.5. The summed E-state index contributed by atoms with van der Waals surface area (Å²) in [6.45, 7) is 2.29. The van der Waals surface area contributed by atoms with E-state index in [1.165, 1.54) is 6.42 Å². The van der Waals surface area contributed by atoms with Gasteiger partial charge in [-0.25, -0.2) is 8.42 Å². The van der Waals surface area contributed by atoms with Crippen molar-refractivity contribution in [3.05, 3.63) is 40.6 Å². The maximum atomic E-state index is 13.7. The van der Waals surface area contributed by atoms with E-state index in [0.29, 0.717) is 18.0 Å². The topological polar surface area (TPSA) is 66.5 Å². The Hall–Kier alpha value is -1.35. The smallest absolute Gasteiger partial charge is 0.243 e. The summed E-state index contributed by atoms with van der Waals surface area (Å²) in [4.78, 5) is 14.5. The van der Waals surface area contributed by atoms with Gasteiger partial charge in [-0.1, -0.05) is 32.3 Å². The molecule has 4 rings (SSSR count). The average molecular weight is 451 g/mol. The number of amides is 1. The van der Waals surface area contributed by atoms with Crippen molar-refractivity contribution in [2.24, 2.45) is 5.92 Å². The third-order valence-electron chi connectivity index (χ3n) is 5.63. The van der Waals surface area contributed by atoms with Gasteiger partial charge in [0, 0.05) is 34.0 Å². The van der Waals surface area contributed by atoms with Crippen molar-refractivity contribution in [1.82, 2.24) is 4.31 Å². The number of benzene rings is 1. The first-order valence-corrected chi connectivity index (χ1v) is 13.4. The molecular weight excluding hydrogens is 424 g/mol. The number of thioether (sulfide) groups is 1. The van der Waals surface area contributed by atoms with Crippen LogP contribution in [0.25, 0.3) is 0 Å². The number of nitrogens with zero attached hydrogens (tertiary/aromatic N) is 1. The second-order valence-electron chi connectivity index (χ2n) is 7.78. The summed E-state index contributed by atoms with van der Waals surface area (Å²) in [7, 11) is -3.67. The molecule has 2 aliphatic rings. The van der Waals surface area contributed by atoms with Gasteiger partial charge in [-0.3, -0.25) is 4.79 Å². The van der Waals surface area contributed by atoms with E-state index >= 15 is 0 Å². The molecule has 0 unspecified atom stereocenters. The monoisotopic (exact) mass is 450 g/mol. The van der Waals surface area contributed by atoms with Gasteiger partial charge in [0.2, 0.25) is 15.9 Å². The lowest BCUT2D eigenvalue weighted by Crippen LogP contribution is -2.40. The number of hydrogen-bond donors (Lipinski definition) is 1. The second-order valence-corrected chi connectivity index (χ2v) is 11.8. The molecule has 1 N–H and O–H groups in total. The minimum atomic E-state index is -3.67. The fraction of sp³-hybridized carbons (Fsp3) is 0.476. The lowest BCUT2D eigenvalue weighted by Gasteiger charge is -2.33. The molecule has 1 saturated carbocycles. The molecule has 1 fully saturated rings. The Morgan fingerprint density at radius 2 is 1.97 bits per heavy atom. The highest BCUT2D eigenvalue weighted by Gasteiger charge is 2.33. The van der Waals surface area contributed by atoms with Crippen molar-refractivity contribution in [3.8, 4) is 0 Å². The molecule has 1 aromatic carbocycles. The van der Waals surface area contributed by atoms with Gasteiger partial charge in [-0.15, -0.1) is 23.1 Å². The molecule has 2 aromatic rings. The van der Waals surface area contributed by atoms with E-state index in [4.69, 9.17) is 0 Å². The van der Waals surface area contributed by atoms with Crippen LogP contribution < -0.4 is 5.32 Å². The molecule has 29 heavy (non-hydrogen) atoms. The quantitative estimate of drug-likeness (QED) is 0.700. The van der Waals surface area contributed by atoms with E-state index in [1.807, 2.05) is 30.5 Å². The molecule has 1 amide bonds. The Labute approximate surface area is 180 Å². The number of carbonyl (C=O) groups excluding carboxylic acids is 1. The van der Waals surface area contributed by atoms with Crippen LogP contribution in [0.15, 0.2) is 45.5 Å². The van der Waals surface area contributed by atoms with Crippen LogP contribution in [0, 0.1) is 5.92 Å². The first kappa shape index (κ1) is 20.9. The third kappa shape index (κ3) is 4.55. The second kappa shape index (κ2) is 8.79. The molecule has 5 nitrogen and oxygen atoms in total. The van der Waals surface area contributed by atoms with Gasteiger partial charge in [0.1, 0.15) is 0 Å². The number of fused-ring (bicyclic) bond motifs is 1. The van der Waals surface area contributed by atoms with Gasteiger partial charge < -0.3 is 5.32 Å². The van der Waals surface area contributed by atoms with Crippen LogP contribution in [0.4, 0.5) is 5.69 Å². The van der Waals surface area contributed by atoms with Gasteiger partial charge in [0.25, 0.3) is 0 Å². The summed E-state index contributed by atoms with van der Waals surface area (Å²) in [6, 6.07) is 9.13. The molecule has 2 heterocycles. The summed E-state index contributed by atoms with van der Waals surface area (Å²) in [6.07, 6.45) is 5.11. The highest BCUT2D eigenvalue weighted by molar-refractivity contribution is 7.99. The normalized spacial score (nSPS) is 20.9. The maximum Gasteiger partial charge on any atom is 0.243 e. The molecule has 0 bridgehead atoms. The van der Waals surface area contributed by atoms with Crippen LogP contribution >= 0.6 is 23.1 Å². The zero-order chi connectivity index (χ0) is 20.4. The summed E-state index contributed by atoms with van der Waals surface area (Å²) < 4.78 is 29.1. The molecule has 1 aromatic heterocycles. The van der Waals surface area contributed by atoms with E-state index in [2.05, 4.69) is 5.32 Å². The Bertz CT molecular complexity index is 967. The summed E-state index contributed by atoms with van der Waals surface area (Å²) >= 11 is 3.18. The first-order valence-electron chi connectivity index (χ1n) is 10.1. The minimum absolute atomic E-state index is 0.0265. The SMILES string of the molecule is C[C@@H]1CSc2ccc(S(=O)(=O)N(Cc3cccs3)C3CCCCC3)cc2NC1=O. The Kier molecular flexibility index (Phi) is 6.34. The van der Waals surface area contributed by atoms with Gasteiger partial charge in [0.05, 0.1) is 10.6 Å². The fourth-order valence-corrected chi connectivity index (χ4v) is 7.40. The van der Waals surface area contributed by atoms with Crippen molar-refractivity contribution < 1.29 is 13.2 Å². The molecule has 0 radical (unpaired) electrons. The van der Waals surface area contributed by atoms with Gasteiger partial charge >= 0.3 is 0 Å². The fourth-order valence-electron chi connectivity index (χ4n) is 3.91. The highest BCUT2D eigenvalue weighted by atomic mass is 32.2. The van der Waals surface area contributed by atoms with Crippen LogP contribution in [-0.2, 0) is 21.4 Å². The maximum absolute atomic E-state index is 13.7. The molecule has 1 aliphatic carbocycles. The lowest BCUT2D eigenvalue weighted by molar-refractivity contribution is -0.118. The van der Waals surface area contributed by atoms with E-state index in [0.717, 1.165) is 35.5 Å². The zero-order valence-corrected chi connectivity index (χ0v) is 18.9. The molecule has 8 heteroatoms.